The van der Waals surface area contributed by atoms with Crippen molar-refractivity contribution in [1.29, 1.82) is 0 Å². The van der Waals surface area contributed by atoms with Gasteiger partial charge in [-0.25, -0.2) is 4.94 Å². The van der Waals surface area contributed by atoms with Gasteiger partial charge in [-0.1, -0.05) is 32.8 Å². The summed E-state index contributed by atoms with van der Waals surface area (Å²) >= 11 is 0. The molecule has 0 fully saturated rings. The minimum Gasteiger partial charge on any atom is -0.493 e. The molecule has 0 radical (unpaired) electrons. The number of ether oxygens (including phenoxy) is 3. The van der Waals surface area contributed by atoms with Crippen LogP contribution in [-0.4, -0.2) is 43.7 Å². The third-order valence-electron chi connectivity index (χ3n) is 7.53. The summed E-state index contributed by atoms with van der Waals surface area (Å²) in [6.45, 7) is 4.27. The number of carbonyl (C=O) groups excluding carboxylic acids is 1. The lowest BCUT2D eigenvalue weighted by Gasteiger charge is -2.34. The van der Waals surface area contributed by atoms with Gasteiger partial charge in [0.1, 0.15) is 23.3 Å². The molecular weight excluding hydrogens is 627 g/mol. The Hall–Kier alpha value is -2.82. The monoisotopic (exact) mass is 662 g/mol. The summed E-state index contributed by atoms with van der Waals surface area (Å²) in [6, 6.07) is 0.903. The Balaban J connectivity index is 1.64. The smallest absolute Gasteiger partial charge is 0.493 e. The van der Waals surface area contributed by atoms with Gasteiger partial charge in [-0.05, 0) is 62.0 Å². The summed E-state index contributed by atoms with van der Waals surface area (Å²) in [5.41, 5.74) is -1.30. The number of alkyl halides is 9. The molecule has 2 unspecified atom stereocenters. The highest BCUT2D eigenvalue weighted by atomic mass is 19.4. The average molecular weight is 663 g/mol. The first-order chi connectivity index (χ1) is 20.9. The first-order valence-corrected chi connectivity index (χ1v) is 14.3. The molecule has 0 saturated heterocycles. The maximum atomic E-state index is 14.0. The SMILES string of the molecule is CCCc1cc2c(c(CCC)c1OCCCNONC(C)(C=O)C1C=CC(OC(F)(F)F)=CC1)COC2(C(F)(F)F)C(F)(F)F. The number of hydroxylamine groups is 2. The van der Waals surface area contributed by atoms with E-state index in [1.165, 1.54) is 19.1 Å². The largest absolute Gasteiger partial charge is 0.573 e. The van der Waals surface area contributed by atoms with Gasteiger partial charge in [0.2, 0.25) is 0 Å². The molecule has 0 saturated carbocycles. The Labute approximate surface area is 254 Å². The van der Waals surface area contributed by atoms with E-state index in [9.17, 15) is 44.3 Å². The molecular formula is C29H35F9N2O5. The molecule has 1 heterocycles. The molecule has 2 atom stereocenters. The van der Waals surface area contributed by atoms with E-state index in [2.05, 4.69) is 20.4 Å². The van der Waals surface area contributed by atoms with E-state index in [1.807, 2.05) is 0 Å². The molecule has 0 amide bonds. The topological polar surface area (TPSA) is 78.0 Å². The Morgan fingerprint density at radius 3 is 2.24 bits per heavy atom. The van der Waals surface area contributed by atoms with Crippen LogP contribution in [0, 0.1) is 5.92 Å². The molecule has 3 rings (SSSR count). The number of allylic oxidation sites excluding steroid dienone is 2. The van der Waals surface area contributed by atoms with Crippen molar-refractivity contribution in [1.82, 2.24) is 11.0 Å². The Morgan fingerprint density at radius 1 is 1.04 bits per heavy atom. The highest BCUT2D eigenvalue weighted by molar-refractivity contribution is 5.65. The number of halogens is 9. The second-order valence-corrected chi connectivity index (χ2v) is 10.9. The van der Waals surface area contributed by atoms with Gasteiger partial charge < -0.3 is 19.0 Å². The lowest BCUT2D eigenvalue weighted by molar-refractivity contribution is -0.385. The van der Waals surface area contributed by atoms with Crippen LogP contribution in [0.5, 0.6) is 5.75 Å². The maximum Gasteiger partial charge on any atom is 0.573 e. The predicted octanol–water partition coefficient (Wildman–Crippen LogP) is 7.19. The van der Waals surface area contributed by atoms with Crippen molar-refractivity contribution in [2.45, 2.75) is 95.8 Å². The van der Waals surface area contributed by atoms with Crippen LogP contribution in [0.3, 0.4) is 0 Å². The molecule has 1 aliphatic carbocycles. The standard InChI is InChI=1S/C29H35F9N2O5/c1-4-7-18-15-23-22(16-43-26(23,27(30,31)32)28(33,34)35)21(8-5-2)24(18)42-14-6-13-39-45-40-25(3,17-41)19-9-11-20(12-10-19)44-29(36,37)38/h9,11-12,15,17,19,39-40H,4-8,10,13-14,16H2,1-3H3. The third-order valence-corrected chi connectivity index (χ3v) is 7.53. The van der Waals surface area contributed by atoms with Crippen molar-refractivity contribution in [3.8, 4) is 5.75 Å². The number of benzene rings is 1. The summed E-state index contributed by atoms with van der Waals surface area (Å²) in [6.07, 6.45) is -10.5. The Morgan fingerprint density at radius 2 is 1.71 bits per heavy atom. The summed E-state index contributed by atoms with van der Waals surface area (Å²) in [7, 11) is 0. The number of nitrogens with one attached hydrogen (secondary N) is 2. The predicted molar refractivity (Wildman–Crippen MR) is 142 cm³/mol. The van der Waals surface area contributed by atoms with E-state index >= 15 is 0 Å². The van der Waals surface area contributed by atoms with E-state index in [0.29, 0.717) is 19.1 Å². The molecule has 0 bridgehead atoms. The summed E-state index contributed by atoms with van der Waals surface area (Å²) in [4.78, 5) is 17.0. The van der Waals surface area contributed by atoms with Crippen LogP contribution in [0.2, 0.25) is 0 Å². The summed E-state index contributed by atoms with van der Waals surface area (Å²) in [5.74, 6) is -0.724. The van der Waals surface area contributed by atoms with Crippen LogP contribution in [0.4, 0.5) is 39.5 Å². The molecule has 2 aliphatic rings. The normalized spacial score (nSPS) is 19.6. The molecule has 7 nitrogen and oxygen atoms in total. The van der Waals surface area contributed by atoms with E-state index in [0.717, 1.165) is 12.1 Å². The number of hydrogen-bond donors (Lipinski definition) is 2. The fourth-order valence-corrected chi connectivity index (χ4v) is 5.29. The van der Waals surface area contributed by atoms with Crippen LogP contribution >= 0.6 is 0 Å². The second-order valence-electron chi connectivity index (χ2n) is 10.9. The minimum atomic E-state index is -5.74. The van der Waals surface area contributed by atoms with Crippen molar-refractivity contribution in [2.75, 3.05) is 13.2 Å². The number of rotatable bonds is 15. The van der Waals surface area contributed by atoms with Crippen LogP contribution < -0.4 is 15.7 Å². The van der Waals surface area contributed by atoms with Gasteiger partial charge in [-0.2, -0.15) is 37.3 Å². The Kier molecular flexibility index (Phi) is 11.6. The summed E-state index contributed by atoms with van der Waals surface area (Å²) < 4.78 is 135. The fourth-order valence-electron chi connectivity index (χ4n) is 5.29. The number of hydrogen-bond acceptors (Lipinski definition) is 7. The van der Waals surface area contributed by atoms with Gasteiger partial charge in [-0.15, -0.1) is 13.2 Å². The number of carbonyl (C=O) groups is 1. The zero-order chi connectivity index (χ0) is 33.7. The first kappa shape index (κ1) is 36.6. The van der Waals surface area contributed by atoms with Crippen molar-refractivity contribution in [3.05, 3.63) is 52.3 Å². The van der Waals surface area contributed by atoms with Crippen molar-refractivity contribution in [2.24, 2.45) is 5.92 Å². The summed E-state index contributed by atoms with van der Waals surface area (Å²) in [5, 5.41) is 0. The van der Waals surface area contributed by atoms with Crippen LogP contribution in [0.15, 0.2) is 30.1 Å². The lowest BCUT2D eigenvalue weighted by Crippen LogP contribution is -2.53. The number of fused-ring (bicyclic) bond motifs is 1. The first-order valence-electron chi connectivity index (χ1n) is 14.3. The Bertz CT molecular complexity index is 1230. The van der Waals surface area contributed by atoms with E-state index in [1.54, 1.807) is 13.8 Å². The van der Waals surface area contributed by atoms with Crippen LogP contribution in [0.25, 0.3) is 0 Å². The lowest BCUT2D eigenvalue weighted by atomic mass is 9.83. The zero-order valence-corrected chi connectivity index (χ0v) is 24.8. The second kappa shape index (κ2) is 14.3. The van der Waals surface area contributed by atoms with Crippen LogP contribution in [0.1, 0.15) is 68.7 Å². The van der Waals surface area contributed by atoms with Gasteiger partial charge >= 0.3 is 18.7 Å². The molecule has 45 heavy (non-hydrogen) atoms. The molecule has 1 aromatic rings. The number of aldehydes is 1. The molecule has 0 aromatic heterocycles. The third kappa shape index (κ3) is 8.13. The van der Waals surface area contributed by atoms with Crippen molar-refractivity contribution >= 4 is 6.29 Å². The van der Waals surface area contributed by atoms with Crippen molar-refractivity contribution < 1.29 is 63.5 Å². The fraction of sp³-hybridized carbons (Fsp3) is 0.621. The molecule has 2 N–H and O–H groups in total. The molecule has 16 heteroatoms. The van der Waals surface area contributed by atoms with Gasteiger partial charge in [0, 0.05) is 23.6 Å². The molecule has 1 aliphatic heterocycles. The van der Waals surface area contributed by atoms with Gasteiger partial charge in [-0.3, -0.25) is 0 Å². The highest BCUT2D eigenvalue weighted by Crippen LogP contribution is 2.58. The quantitative estimate of drug-likeness (QED) is 0.0892. The molecule has 1 aromatic carbocycles. The van der Waals surface area contributed by atoms with Crippen LogP contribution in [-0.2, 0) is 44.3 Å². The van der Waals surface area contributed by atoms with E-state index < -0.39 is 53.7 Å². The van der Waals surface area contributed by atoms with E-state index in [-0.39, 0.29) is 61.3 Å². The molecule has 0 spiro atoms. The van der Waals surface area contributed by atoms with E-state index in [4.69, 9.17) is 9.68 Å². The van der Waals surface area contributed by atoms with Gasteiger partial charge in [0.15, 0.2) is 0 Å². The maximum absolute atomic E-state index is 14.0. The highest BCUT2D eigenvalue weighted by Gasteiger charge is 2.76. The van der Waals surface area contributed by atoms with Gasteiger partial charge in [0.25, 0.3) is 5.60 Å². The number of aryl methyl sites for hydroxylation is 1. The molecule has 254 valence electrons. The van der Waals surface area contributed by atoms with Crippen molar-refractivity contribution in [3.63, 3.8) is 0 Å². The van der Waals surface area contributed by atoms with Gasteiger partial charge in [0.05, 0.1) is 13.2 Å². The average Bonchev–Trinajstić information content (AvgIpc) is 3.34. The zero-order valence-electron chi connectivity index (χ0n) is 24.8. The minimum absolute atomic E-state index is 0.0240.